The predicted molar refractivity (Wildman–Crippen MR) is 86.7 cm³/mol. The van der Waals surface area contributed by atoms with Gasteiger partial charge in [-0.2, -0.15) is 0 Å². The van der Waals surface area contributed by atoms with Crippen LogP contribution in [0.4, 0.5) is 0 Å². The van der Waals surface area contributed by atoms with Crippen LogP contribution in [-0.2, 0) is 18.9 Å². The molecule has 0 aliphatic carbocycles. The predicted octanol–water partition coefficient (Wildman–Crippen LogP) is 0.934. The Morgan fingerprint density at radius 1 is 1.22 bits per heavy atom. The second-order valence-electron chi connectivity index (χ2n) is 6.50. The van der Waals surface area contributed by atoms with Crippen molar-refractivity contribution in [3.8, 4) is 0 Å². The third kappa shape index (κ3) is 3.49. The summed E-state index contributed by atoms with van der Waals surface area (Å²) in [5.74, 6) is 0. The molecular weight excluding hydrogens is 363 g/mol. The molecule has 23 heavy (non-hydrogen) atoms. The summed E-state index contributed by atoms with van der Waals surface area (Å²) in [6.07, 6.45) is -1.93. The van der Waals surface area contributed by atoms with Gasteiger partial charge in [-0.15, -0.1) is 0 Å². The van der Waals surface area contributed by atoms with Gasteiger partial charge in [-0.25, -0.2) is 0 Å². The molecule has 1 unspecified atom stereocenters. The minimum absolute atomic E-state index is 0.0196. The molecule has 0 bridgehead atoms. The zero-order chi connectivity index (χ0) is 16.4. The SMILES string of the molecule is CO[C@@H]1[C@H]2OCOC(O)[C@H]2O[C@H](C[Se]c2ccccc2)C1(C)C. The van der Waals surface area contributed by atoms with Gasteiger partial charge in [0.15, 0.2) is 0 Å². The van der Waals surface area contributed by atoms with Gasteiger partial charge < -0.3 is 0 Å². The Kier molecular flexibility index (Phi) is 5.43. The van der Waals surface area contributed by atoms with Crippen LogP contribution in [0.15, 0.2) is 30.3 Å². The van der Waals surface area contributed by atoms with E-state index >= 15 is 0 Å². The van der Waals surface area contributed by atoms with E-state index in [1.807, 2.05) is 6.07 Å². The first kappa shape index (κ1) is 17.4. The summed E-state index contributed by atoms with van der Waals surface area (Å²) in [6, 6.07) is 10.4. The van der Waals surface area contributed by atoms with Gasteiger partial charge in [-0.05, 0) is 0 Å². The molecule has 3 rings (SSSR count). The second kappa shape index (κ2) is 7.19. The molecule has 0 amide bonds. The van der Waals surface area contributed by atoms with E-state index in [0.717, 1.165) is 5.32 Å². The van der Waals surface area contributed by atoms with Gasteiger partial charge in [0.05, 0.1) is 0 Å². The van der Waals surface area contributed by atoms with Crippen LogP contribution >= 0.6 is 0 Å². The Labute approximate surface area is 143 Å². The van der Waals surface area contributed by atoms with E-state index in [0.29, 0.717) is 15.0 Å². The van der Waals surface area contributed by atoms with Gasteiger partial charge >= 0.3 is 143 Å². The van der Waals surface area contributed by atoms with Gasteiger partial charge in [0.2, 0.25) is 0 Å². The number of aliphatic hydroxyl groups excluding tert-OH is 1. The molecule has 5 atom stereocenters. The van der Waals surface area contributed by atoms with Crippen molar-refractivity contribution in [1.82, 2.24) is 0 Å². The molecule has 0 radical (unpaired) electrons. The number of methoxy groups -OCH3 is 1. The molecule has 0 aromatic heterocycles. The first-order valence-electron chi connectivity index (χ1n) is 7.81. The molecule has 2 saturated heterocycles. The summed E-state index contributed by atoms with van der Waals surface area (Å²) in [5.41, 5.74) is -0.205. The van der Waals surface area contributed by atoms with E-state index in [4.69, 9.17) is 18.9 Å². The topological polar surface area (TPSA) is 57.2 Å². The van der Waals surface area contributed by atoms with Gasteiger partial charge in [-0.3, -0.25) is 0 Å². The van der Waals surface area contributed by atoms with Crippen molar-refractivity contribution in [3.63, 3.8) is 0 Å². The number of ether oxygens (including phenoxy) is 4. The van der Waals surface area contributed by atoms with E-state index in [1.165, 1.54) is 4.46 Å². The number of hydrogen-bond donors (Lipinski definition) is 1. The number of hydrogen-bond acceptors (Lipinski definition) is 5. The Balaban J connectivity index is 1.75. The molecule has 1 N–H and O–H groups in total. The fourth-order valence-corrected chi connectivity index (χ4v) is 5.82. The molecule has 1 aromatic carbocycles. The van der Waals surface area contributed by atoms with Crippen LogP contribution in [0.3, 0.4) is 0 Å². The maximum absolute atomic E-state index is 10.1. The first-order valence-corrected chi connectivity index (χ1v) is 9.88. The van der Waals surface area contributed by atoms with Crippen molar-refractivity contribution in [2.45, 2.75) is 49.9 Å². The van der Waals surface area contributed by atoms with E-state index < -0.39 is 12.4 Å². The Morgan fingerprint density at radius 3 is 2.65 bits per heavy atom. The fourth-order valence-electron chi connectivity index (χ4n) is 3.30. The molecule has 128 valence electrons. The first-order chi connectivity index (χ1) is 11.0. The number of aliphatic hydroxyl groups is 1. The van der Waals surface area contributed by atoms with Crippen LogP contribution in [0.5, 0.6) is 0 Å². The van der Waals surface area contributed by atoms with E-state index in [2.05, 4.69) is 38.1 Å². The molecule has 0 saturated carbocycles. The summed E-state index contributed by atoms with van der Waals surface area (Å²) in [7, 11) is 1.69. The number of fused-ring (bicyclic) bond motifs is 1. The van der Waals surface area contributed by atoms with Crippen LogP contribution in [0.25, 0.3) is 0 Å². The standard InChI is InChI=1S/C17H24O5Se/c1-17(2)12(9-23-11-7-5-4-6-8-11)22-14-13(15(17)19-3)20-10-21-16(14)18/h4-8,12-16,18H,9-10H2,1-3H3/t12-,13+,14+,15-,16?/m1/s1. The zero-order valence-electron chi connectivity index (χ0n) is 13.7. The van der Waals surface area contributed by atoms with Crippen molar-refractivity contribution in [1.29, 1.82) is 0 Å². The molecule has 2 fully saturated rings. The van der Waals surface area contributed by atoms with E-state index in [-0.39, 0.29) is 30.5 Å². The average molecular weight is 387 g/mol. The number of benzene rings is 1. The molecule has 2 aliphatic heterocycles. The zero-order valence-corrected chi connectivity index (χ0v) is 15.4. The van der Waals surface area contributed by atoms with Crippen LogP contribution in [0.1, 0.15) is 13.8 Å². The molecule has 2 aliphatic rings. The fraction of sp³-hybridized carbons (Fsp3) is 0.647. The number of rotatable bonds is 4. The van der Waals surface area contributed by atoms with Crippen molar-refractivity contribution < 1.29 is 24.1 Å². The van der Waals surface area contributed by atoms with Crippen molar-refractivity contribution >= 4 is 19.4 Å². The van der Waals surface area contributed by atoms with Crippen molar-refractivity contribution in [2.24, 2.45) is 5.41 Å². The Bertz CT molecular complexity index is 509. The average Bonchev–Trinajstić information content (AvgIpc) is 2.54. The summed E-state index contributed by atoms with van der Waals surface area (Å²) in [6.45, 7) is 4.36. The van der Waals surface area contributed by atoms with Crippen LogP contribution in [0, 0.1) is 5.41 Å². The Morgan fingerprint density at radius 2 is 1.96 bits per heavy atom. The third-order valence-corrected chi connectivity index (χ3v) is 6.94. The van der Waals surface area contributed by atoms with Crippen LogP contribution in [0.2, 0.25) is 5.32 Å². The maximum atomic E-state index is 10.1. The molecule has 2 heterocycles. The third-order valence-electron chi connectivity index (χ3n) is 4.69. The van der Waals surface area contributed by atoms with Crippen LogP contribution in [-0.4, -0.2) is 64.7 Å². The van der Waals surface area contributed by atoms with E-state index in [1.54, 1.807) is 7.11 Å². The van der Waals surface area contributed by atoms with Gasteiger partial charge in [0, 0.05) is 0 Å². The molecule has 5 nitrogen and oxygen atoms in total. The normalized spacial score (nSPS) is 36.4. The van der Waals surface area contributed by atoms with E-state index in [9.17, 15) is 5.11 Å². The summed E-state index contributed by atoms with van der Waals surface area (Å²) < 4.78 is 24.1. The van der Waals surface area contributed by atoms with Gasteiger partial charge in [0.1, 0.15) is 0 Å². The summed E-state index contributed by atoms with van der Waals surface area (Å²) >= 11 is 0.301. The monoisotopic (exact) mass is 388 g/mol. The molecule has 0 spiro atoms. The van der Waals surface area contributed by atoms with Crippen molar-refractivity contribution in [2.75, 3.05) is 13.9 Å². The molecule has 6 heteroatoms. The molecule has 1 aromatic rings. The quantitative estimate of drug-likeness (QED) is 0.780. The summed E-state index contributed by atoms with van der Waals surface area (Å²) in [4.78, 5) is 0. The van der Waals surface area contributed by atoms with Gasteiger partial charge in [0.25, 0.3) is 0 Å². The minimum atomic E-state index is -0.964. The molecular formula is C17H24O5Se. The Hall–Kier alpha value is -0.461. The summed E-state index contributed by atoms with van der Waals surface area (Å²) in [5, 5.41) is 11.0. The van der Waals surface area contributed by atoms with Crippen molar-refractivity contribution in [3.05, 3.63) is 30.3 Å². The second-order valence-corrected chi connectivity index (χ2v) is 8.79. The van der Waals surface area contributed by atoms with Gasteiger partial charge in [-0.1, -0.05) is 0 Å². The van der Waals surface area contributed by atoms with Crippen LogP contribution < -0.4 is 4.46 Å².